The molecule has 7 rings (SSSR count). The highest BCUT2D eigenvalue weighted by atomic mass is 32.2. The van der Waals surface area contributed by atoms with Crippen molar-refractivity contribution in [3.63, 3.8) is 0 Å². The van der Waals surface area contributed by atoms with E-state index >= 15 is 0 Å². The van der Waals surface area contributed by atoms with Gasteiger partial charge in [0.2, 0.25) is 5.91 Å². The Labute approximate surface area is 179 Å². The SMILES string of the molecule is C[C@@H](Sc1nnc(-c2c[nH]c3ccccc23)o1)C(=O)NC12CC3CC(CC(C3)C1)C2. The van der Waals surface area contributed by atoms with E-state index in [0.29, 0.717) is 11.1 Å². The fourth-order valence-electron chi connectivity index (χ4n) is 6.45. The van der Waals surface area contributed by atoms with Gasteiger partial charge in [-0.3, -0.25) is 4.79 Å². The van der Waals surface area contributed by atoms with Crippen LogP contribution in [-0.2, 0) is 4.79 Å². The van der Waals surface area contributed by atoms with Crippen molar-refractivity contribution in [1.29, 1.82) is 0 Å². The number of amides is 1. The van der Waals surface area contributed by atoms with Gasteiger partial charge in [0.05, 0.1) is 10.8 Å². The maximum absolute atomic E-state index is 13.0. The standard InChI is InChI=1S/C23H26N4O2S/c1-13(20(28)25-23-9-14-6-15(10-23)8-16(7-14)11-23)30-22-27-26-21(29-22)18-12-24-19-5-3-2-4-17(18)19/h2-5,12-16,24H,6-11H2,1H3,(H,25,28)/t13-,14?,15?,16?,23?/m1/s1. The van der Waals surface area contributed by atoms with Gasteiger partial charge in [-0.1, -0.05) is 30.0 Å². The Balaban J connectivity index is 1.15. The molecule has 2 heterocycles. The molecule has 0 radical (unpaired) electrons. The van der Waals surface area contributed by atoms with Gasteiger partial charge < -0.3 is 14.7 Å². The highest BCUT2D eigenvalue weighted by Gasteiger charge is 2.51. The van der Waals surface area contributed by atoms with Crippen LogP contribution < -0.4 is 5.32 Å². The van der Waals surface area contributed by atoms with Gasteiger partial charge in [-0.2, -0.15) is 0 Å². The third-order valence-electron chi connectivity index (χ3n) is 7.30. The minimum Gasteiger partial charge on any atom is -0.411 e. The van der Waals surface area contributed by atoms with Gasteiger partial charge in [-0.15, -0.1) is 10.2 Å². The second-order valence-electron chi connectivity index (χ2n) is 9.57. The molecule has 6 nitrogen and oxygen atoms in total. The molecular weight excluding hydrogens is 396 g/mol. The van der Waals surface area contributed by atoms with Crippen LogP contribution in [0.15, 0.2) is 40.1 Å². The molecule has 7 heteroatoms. The first-order valence-corrected chi connectivity index (χ1v) is 11.8. The molecule has 156 valence electrons. The van der Waals surface area contributed by atoms with Gasteiger partial charge >= 0.3 is 0 Å². The number of nitrogens with one attached hydrogen (secondary N) is 2. The molecule has 4 aliphatic rings. The second-order valence-corrected chi connectivity index (χ2v) is 10.9. The predicted molar refractivity (Wildman–Crippen MR) is 116 cm³/mol. The van der Waals surface area contributed by atoms with Gasteiger partial charge in [0.15, 0.2) is 0 Å². The summed E-state index contributed by atoms with van der Waals surface area (Å²) in [5.74, 6) is 3.01. The molecule has 3 aromatic rings. The van der Waals surface area contributed by atoms with Crippen LogP contribution >= 0.6 is 11.8 Å². The van der Waals surface area contributed by atoms with E-state index in [1.165, 1.54) is 31.0 Å². The summed E-state index contributed by atoms with van der Waals surface area (Å²) < 4.78 is 5.89. The summed E-state index contributed by atoms with van der Waals surface area (Å²) in [5, 5.41) is 13.1. The lowest BCUT2D eigenvalue weighted by Crippen LogP contribution is -2.60. The number of aromatic amines is 1. The van der Waals surface area contributed by atoms with Crippen molar-refractivity contribution >= 4 is 28.6 Å². The van der Waals surface area contributed by atoms with E-state index in [2.05, 4.69) is 20.5 Å². The molecule has 4 aliphatic carbocycles. The molecule has 4 saturated carbocycles. The third kappa shape index (κ3) is 3.14. The highest BCUT2D eigenvalue weighted by molar-refractivity contribution is 8.00. The summed E-state index contributed by atoms with van der Waals surface area (Å²) in [6.07, 6.45) is 9.48. The minimum atomic E-state index is -0.269. The zero-order valence-corrected chi connectivity index (χ0v) is 17.9. The molecular formula is C23H26N4O2S. The van der Waals surface area contributed by atoms with Crippen LogP contribution in [0.2, 0.25) is 0 Å². The summed E-state index contributed by atoms with van der Waals surface area (Å²) in [6, 6.07) is 8.02. The number of rotatable bonds is 5. The van der Waals surface area contributed by atoms with E-state index in [9.17, 15) is 4.79 Å². The van der Waals surface area contributed by atoms with Crippen molar-refractivity contribution in [2.24, 2.45) is 17.8 Å². The number of fused-ring (bicyclic) bond motifs is 1. The maximum Gasteiger partial charge on any atom is 0.277 e. The first-order chi connectivity index (χ1) is 14.6. The number of H-pyrrole nitrogens is 1. The summed E-state index contributed by atoms with van der Waals surface area (Å²) in [6.45, 7) is 1.93. The molecule has 0 aliphatic heterocycles. The van der Waals surface area contributed by atoms with Crippen molar-refractivity contribution in [2.75, 3.05) is 0 Å². The van der Waals surface area contributed by atoms with E-state index in [4.69, 9.17) is 4.42 Å². The summed E-state index contributed by atoms with van der Waals surface area (Å²) in [7, 11) is 0. The van der Waals surface area contributed by atoms with Crippen LogP contribution in [-0.4, -0.2) is 31.9 Å². The quantitative estimate of drug-likeness (QED) is 0.578. The molecule has 4 bridgehead atoms. The number of nitrogens with zero attached hydrogens (tertiary/aromatic N) is 2. The highest BCUT2D eigenvalue weighted by Crippen LogP contribution is 2.55. The molecule has 1 amide bonds. The van der Waals surface area contributed by atoms with Crippen LogP contribution in [0.5, 0.6) is 0 Å². The molecule has 2 aromatic heterocycles. The van der Waals surface area contributed by atoms with E-state index in [0.717, 1.165) is 53.5 Å². The van der Waals surface area contributed by atoms with Gasteiger partial charge in [0.1, 0.15) is 0 Å². The number of benzene rings is 1. The third-order valence-corrected chi connectivity index (χ3v) is 8.23. The van der Waals surface area contributed by atoms with Gasteiger partial charge in [-0.25, -0.2) is 0 Å². The molecule has 0 saturated heterocycles. The Kier molecular flexibility index (Phi) is 4.23. The van der Waals surface area contributed by atoms with Gasteiger partial charge in [0, 0.05) is 22.6 Å². The first kappa shape index (κ1) is 18.5. The smallest absolute Gasteiger partial charge is 0.277 e. The number of thioether (sulfide) groups is 1. The summed E-state index contributed by atoms with van der Waals surface area (Å²) in [5.41, 5.74) is 1.95. The van der Waals surface area contributed by atoms with E-state index in [1.54, 1.807) is 0 Å². The van der Waals surface area contributed by atoms with Crippen molar-refractivity contribution in [2.45, 2.75) is 61.5 Å². The zero-order valence-electron chi connectivity index (χ0n) is 17.1. The van der Waals surface area contributed by atoms with Crippen LogP contribution in [0.1, 0.15) is 45.4 Å². The largest absolute Gasteiger partial charge is 0.411 e. The second kappa shape index (κ2) is 6.87. The first-order valence-electron chi connectivity index (χ1n) is 11.0. The topological polar surface area (TPSA) is 83.8 Å². The average Bonchev–Trinajstić information content (AvgIpc) is 3.33. The zero-order chi connectivity index (χ0) is 20.3. The number of hydrogen-bond acceptors (Lipinski definition) is 5. The Morgan fingerprint density at radius 2 is 1.87 bits per heavy atom. The van der Waals surface area contributed by atoms with E-state index in [1.807, 2.05) is 37.4 Å². The Morgan fingerprint density at radius 3 is 2.60 bits per heavy atom. The Bertz CT molecular complexity index is 1070. The fraction of sp³-hybridized carbons (Fsp3) is 0.522. The Hall–Kier alpha value is -2.28. The van der Waals surface area contributed by atoms with E-state index in [-0.39, 0.29) is 16.7 Å². The predicted octanol–water partition coefficient (Wildman–Crippen LogP) is 4.78. The van der Waals surface area contributed by atoms with Gasteiger partial charge in [-0.05, 0) is 69.3 Å². The number of carbonyl (C=O) groups excluding carboxylic acids is 1. The number of aromatic nitrogens is 3. The normalized spacial score (nSPS) is 30.6. The lowest BCUT2D eigenvalue weighted by Gasteiger charge is -2.57. The molecule has 4 fully saturated rings. The molecule has 30 heavy (non-hydrogen) atoms. The van der Waals surface area contributed by atoms with Crippen molar-refractivity contribution in [1.82, 2.24) is 20.5 Å². The monoisotopic (exact) mass is 422 g/mol. The van der Waals surface area contributed by atoms with Crippen LogP contribution in [0.4, 0.5) is 0 Å². The van der Waals surface area contributed by atoms with Crippen LogP contribution in [0, 0.1) is 17.8 Å². The minimum absolute atomic E-state index is 0.0324. The summed E-state index contributed by atoms with van der Waals surface area (Å²) >= 11 is 1.34. The van der Waals surface area contributed by atoms with Crippen molar-refractivity contribution in [3.05, 3.63) is 30.5 Å². The maximum atomic E-state index is 13.0. The molecule has 1 aromatic carbocycles. The van der Waals surface area contributed by atoms with Crippen molar-refractivity contribution < 1.29 is 9.21 Å². The fourth-order valence-corrected chi connectivity index (χ4v) is 7.13. The molecule has 0 spiro atoms. The average molecular weight is 423 g/mol. The number of carbonyl (C=O) groups is 1. The Morgan fingerprint density at radius 1 is 1.17 bits per heavy atom. The molecule has 1 atom stereocenters. The molecule has 0 unspecified atom stereocenters. The van der Waals surface area contributed by atoms with Gasteiger partial charge in [0.25, 0.3) is 11.1 Å². The molecule has 2 N–H and O–H groups in total. The summed E-state index contributed by atoms with van der Waals surface area (Å²) in [4.78, 5) is 16.2. The number of hydrogen-bond donors (Lipinski definition) is 2. The van der Waals surface area contributed by atoms with Crippen molar-refractivity contribution in [3.8, 4) is 11.5 Å². The van der Waals surface area contributed by atoms with Crippen LogP contribution in [0.3, 0.4) is 0 Å². The lowest BCUT2D eigenvalue weighted by molar-refractivity contribution is -0.126. The van der Waals surface area contributed by atoms with E-state index < -0.39 is 0 Å². The van der Waals surface area contributed by atoms with Crippen LogP contribution in [0.25, 0.3) is 22.4 Å². The lowest BCUT2D eigenvalue weighted by atomic mass is 9.53. The number of para-hydroxylation sites is 1.